The molecule has 116 valence electrons. The quantitative estimate of drug-likeness (QED) is 0.827. The van der Waals surface area contributed by atoms with E-state index in [0.29, 0.717) is 5.92 Å². The molecule has 0 bridgehead atoms. The number of hydrogen-bond donors (Lipinski definition) is 0. The third-order valence-corrected chi connectivity index (χ3v) is 4.73. The maximum Gasteiger partial charge on any atom is 0.110 e. The lowest BCUT2D eigenvalue weighted by Crippen LogP contribution is -2.37. The topological polar surface area (TPSA) is 24.8 Å². The zero-order valence-electron chi connectivity index (χ0n) is 13.2. The number of amidine groups is 1. The normalized spacial score (nSPS) is 23.9. The molecule has 1 aliphatic carbocycles. The van der Waals surface area contributed by atoms with Crippen molar-refractivity contribution in [2.45, 2.75) is 12.3 Å². The lowest BCUT2D eigenvalue weighted by Gasteiger charge is -2.37. The average Bonchev–Trinajstić information content (AvgIpc) is 2.53. The molecule has 1 heterocycles. The molecule has 0 saturated carbocycles. The van der Waals surface area contributed by atoms with Crippen LogP contribution in [0.25, 0.3) is 0 Å². The van der Waals surface area contributed by atoms with E-state index in [1.54, 1.807) is 7.11 Å². The fraction of sp³-hybridized carbons (Fsp3) is 0.389. The summed E-state index contributed by atoms with van der Waals surface area (Å²) >= 11 is 6.47. The fourth-order valence-electron chi connectivity index (χ4n) is 3.28. The van der Waals surface area contributed by atoms with Gasteiger partial charge in [0.2, 0.25) is 0 Å². The number of ether oxygens (including phenoxy) is 1. The summed E-state index contributed by atoms with van der Waals surface area (Å²) in [6.07, 6.45) is 5.18. The third-order valence-electron chi connectivity index (χ3n) is 4.38. The van der Waals surface area contributed by atoms with Crippen molar-refractivity contribution < 1.29 is 4.74 Å². The lowest BCUT2D eigenvalue weighted by atomic mass is 9.76. The Hall–Kier alpha value is -1.74. The SMILES string of the molecule is COC1=CC=C2C(CN=C(N(C)C)C2c2ccccc2Cl)C1. The summed E-state index contributed by atoms with van der Waals surface area (Å²) < 4.78 is 5.41. The van der Waals surface area contributed by atoms with Gasteiger partial charge in [0, 0.05) is 38.0 Å². The number of allylic oxidation sites excluding steroid dienone is 3. The Balaban J connectivity index is 2.10. The van der Waals surface area contributed by atoms with E-state index in [0.717, 1.165) is 35.1 Å². The Kier molecular flexibility index (Phi) is 4.25. The second kappa shape index (κ2) is 6.17. The first-order valence-electron chi connectivity index (χ1n) is 7.52. The third kappa shape index (κ3) is 2.66. The van der Waals surface area contributed by atoms with Crippen LogP contribution in [0.5, 0.6) is 0 Å². The Morgan fingerprint density at radius 3 is 2.68 bits per heavy atom. The van der Waals surface area contributed by atoms with E-state index in [2.05, 4.69) is 23.1 Å². The van der Waals surface area contributed by atoms with Gasteiger partial charge in [-0.3, -0.25) is 4.99 Å². The maximum absolute atomic E-state index is 6.47. The van der Waals surface area contributed by atoms with Gasteiger partial charge in [0.25, 0.3) is 0 Å². The fourth-order valence-corrected chi connectivity index (χ4v) is 3.52. The van der Waals surface area contributed by atoms with Crippen molar-refractivity contribution in [1.29, 1.82) is 0 Å². The first-order valence-corrected chi connectivity index (χ1v) is 7.90. The highest BCUT2D eigenvalue weighted by atomic mass is 35.5. The molecule has 1 aliphatic heterocycles. The predicted molar refractivity (Wildman–Crippen MR) is 91.5 cm³/mol. The van der Waals surface area contributed by atoms with Gasteiger partial charge in [-0.05, 0) is 23.3 Å². The van der Waals surface area contributed by atoms with Gasteiger partial charge in [-0.1, -0.05) is 35.9 Å². The molecular weight excluding hydrogens is 296 g/mol. The highest BCUT2D eigenvalue weighted by Gasteiger charge is 2.35. The number of likely N-dealkylation sites (N-methyl/N-ethyl adjacent to an activating group) is 1. The molecule has 4 heteroatoms. The molecule has 1 aromatic carbocycles. The molecule has 2 unspecified atom stereocenters. The molecule has 2 aliphatic rings. The van der Waals surface area contributed by atoms with Gasteiger partial charge in [0.1, 0.15) is 5.84 Å². The van der Waals surface area contributed by atoms with Crippen molar-refractivity contribution in [3.8, 4) is 0 Å². The van der Waals surface area contributed by atoms with Crippen LogP contribution in [-0.2, 0) is 4.74 Å². The summed E-state index contributed by atoms with van der Waals surface area (Å²) in [5, 5.41) is 0.796. The highest BCUT2D eigenvalue weighted by molar-refractivity contribution is 6.31. The second-order valence-electron chi connectivity index (χ2n) is 5.95. The Bertz CT molecular complexity index is 661. The van der Waals surface area contributed by atoms with Gasteiger partial charge in [-0.15, -0.1) is 0 Å². The first kappa shape index (κ1) is 15.2. The van der Waals surface area contributed by atoms with Crippen molar-refractivity contribution in [2.24, 2.45) is 10.9 Å². The standard InChI is InChI=1S/C18H21ClN2O/c1-21(2)18-17(15-6-4-5-7-16(15)19)14-9-8-13(22-3)10-12(14)11-20-18/h4-9,12,17H,10-11H2,1-3H3. The lowest BCUT2D eigenvalue weighted by molar-refractivity contribution is 0.261. The molecule has 0 N–H and O–H groups in total. The molecule has 2 atom stereocenters. The number of methoxy groups -OCH3 is 1. The van der Waals surface area contributed by atoms with Gasteiger partial charge < -0.3 is 9.64 Å². The van der Waals surface area contributed by atoms with E-state index in [4.69, 9.17) is 21.3 Å². The number of halogens is 1. The van der Waals surface area contributed by atoms with E-state index in [1.165, 1.54) is 5.57 Å². The van der Waals surface area contributed by atoms with Crippen molar-refractivity contribution >= 4 is 17.4 Å². The number of nitrogens with zero attached hydrogens (tertiary/aromatic N) is 2. The van der Waals surface area contributed by atoms with Crippen LogP contribution in [0.4, 0.5) is 0 Å². The number of aliphatic imine (C=N–C) groups is 1. The summed E-state index contributed by atoms with van der Waals surface area (Å²) in [6, 6.07) is 8.06. The molecule has 0 spiro atoms. The summed E-state index contributed by atoms with van der Waals surface area (Å²) in [4.78, 5) is 6.94. The van der Waals surface area contributed by atoms with Crippen LogP contribution in [0.2, 0.25) is 5.02 Å². The minimum Gasteiger partial charge on any atom is -0.501 e. The van der Waals surface area contributed by atoms with Crippen LogP contribution >= 0.6 is 11.6 Å². The van der Waals surface area contributed by atoms with Crippen molar-refractivity contribution in [2.75, 3.05) is 27.7 Å². The molecule has 3 rings (SSSR count). The van der Waals surface area contributed by atoms with Crippen LogP contribution in [-0.4, -0.2) is 38.5 Å². The van der Waals surface area contributed by atoms with E-state index in [-0.39, 0.29) is 5.92 Å². The van der Waals surface area contributed by atoms with Gasteiger partial charge >= 0.3 is 0 Å². The molecule has 3 nitrogen and oxygen atoms in total. The number of fused-ring (bicyclic) bond motifs is 1. The van der Waals surface area contributed by atoms with E-state index < -0.39 is 0 Å². The molecule has 1 aromatic rings. The monoisotopic (exact) mass is 316 g/mol. The Labute approximate surface area is 136 Å². The molecule has 0 fully saturated rings. The van der Waals surface area contributed by atoms with Gasteiger partial charge in [-0.25, -0.2) is 0 Å². The average molecular weight is 317 g/mol. The smallest absolute Gasteiger partial charge is 0.110 e. The summed E-state index contributed by atoms with van der Waals surface area (Å²) in [6.45, 7) is 0.807. The summed E-state index contributed by atoms with van der Waals surface area (Å²) in [5.74, 6) is 2.61. The minimum atomic E-state index is 0.122. The zero-order chi connectivity index (χ0) is 15.7. The number of hydrogen-bond acceptors (Lipinski definition) is 3. The van der Waals surface area contributed by atoms with Crippen LogP contribution < -0.4 is 0 Å². The molecule has 0 amide bonds. The van der Waals surface area contributed by atoms with Crippen LogP contribution in [0, 0.1) is 5.92 Å². The number of benzene rings is 1. The largest absolute Gasteiger partial charge is 0.501 e. The van der Waals surface area contributed by atoms with Crippen molar-refractivity contribution in [1.82, 2.24) is 4.90 Å². The first-order chi connectivity index (χ1) is 10.6. The van der Waals surface area contributed by atoms with Crippen molar-refractivity contribution in [3.63, 3.8) is 0 Å². The van der Waals surface area contributed by atoms with Gasteiger partial charge in [-0.2, -0.15) is 0 Å². The summed E-state index contributed by atoms with van der Waals surface area (Å²) in [5.41, 5.74) is 2.51. The highest BCUT2D eigenvalue weighted by Crippen LogP contribution is 2.42. The van der Waals surface area contributed by atoms with Gasteiger partial charge in [0.15, 0.2) is 0 Å². The Morgan fingerprint density at radius 1 is 1.23 bits per heavy atom. The van der Waals surface area contributed by atoms with E-state index in [9.17, 15) is 0 Å². The molecule has 22 heavy (non-hydrogen) atoms. The van der Waals surface area contributed by atoms with Crippen LogP contribution in [0.3, 0.4) is 0 Å². The second-order valence-corrected chi connectivity index (χ2v) is 6.36. The molecule has 0 saturated heterocycles. The van der Waals surface area contributed by atoms with E-state index in [1.807, 2.05) is 32.3 Å². The minimum absolute atomic E-state index is 0.122. The molecule has 0 aromatic heterocycles. The zero-order valence-corrected chi connectivity index (χ0v) is 14.0. The van der Waals surface area contributed by atoms with E-state index >= 15 is 0 Å². The van der Waals surface area contributed by atoms with Crippen LogP contribution in [0.1, 0.15) is 17.9 Å². The molecular formula is C18H21ClN2O. The summed E-state index contributed by atoms with van der Waals surface area (Å²) in [7, 11) is 5.82. The molecule has 0 radical (unpaired) electrons. The van der Waals surface area contributed by atoms with Crippen LogP contribution in [0.15, 0.2) is 52.7 Å². The van der Waals surface area contributed by atoms with Crippen molar-refractivity contribution in [3.05, 3.63) is 58.3 Å². The maximum atomic E-state index is 6.47. The predicted octanol–water partition coefficient (Wildman–Crippen LogP) is 3.87. The number of rotatable bonds is 2. The Morgan fingerprint density at radius 2 is 2.00 bits per heavy atom. The van der Waals surface area contributed by atoms with Gasteiger partial charge in [0.05, 0.1) is 18.8 Å².